The van der Waals surface area contributed by atoms with Crippen molar-refractivity contribution in [1.82, 2.24) is 0 Å². The van der Waals surface area contributed by atoms with E-state index in [0.29, 0.717) is 0 Å². The smallest absolute Gasteiger partial charge is 0 e. The SMILES string of the molecule is [CH2-]O[CH-]C.[Y]. The summed E-state index contributed by atoms with van der Waals surface area (Å²) in [6.07, 6.45) is 0. The number of hydrogen-bond donors (Lipinski definition) is 0. The molecule has 29 valence electrons. The molecule has 0 spiro atoms. The van der Waals surface area contributed by atoms with E-state index in [-0.39, 0.29) is 32.7 Å². The van der Waals surface area contributed by atoms with E-state index in [1.54, 1.807) is 6.92 Å². The van der Waals surface area contributed by atoms with Gasteiger partial charge < -0.3 is 4.74 Å². The average Bonchev–Trinajstić information content (AvgIpc) is 1.37. The van der Waals surface area contributed by atoms with Gasteiger partial charge in [0.1, 0.15) is 0 Å². The van der Waals surface area contributed by atoms with E-state index in [1.165, 1.54) is 6.61 Å². The van der Waals surface area contributed by atoms with E-state index in [0.717, 1.165) is 0 Å². The van der Waals surface area contributed by atoms with E-state index in [2.05, 4.69) is 11.8 Å². The molecule has 1 radical (unpaired) electrons. The van der Waals surface area contributed by atoms with Crippen LogP contribution in [0, 0.1) is 13.7 Å². The average molecular weight is 147 g/mol. The van der Waals surface area contributed by atoms with Crippen molar-refractivity contribution in [3.8, 4) is 0 Å². The van der Waals surface area contributed by atoms with Crippen LogP contribution in [0.5, 0.6) is 0 Å². The molecule has 0 aliphatic rings. The minimum atomic E-state index is 0. The van der Waals surface area contributed by atoms with E-state index < -0.39 is 0 Å². The minimum absolute atomic E-state index is 0. The quantitative estimate of drug-likeness (QED) is 0.502. The Labute approximate surface area is 58.0 Å². The molecule has 0 rings (SSSR count). The zero-order valence-corrected chi connectivity index (χ0v) is 6.11. The third kappa shape index (κ3) is 11.2. The molecular formula is C3H6OY-2. The third-order valence-corrected chi connectivity index (χ3v) is 0.167. The predicted octanol–water partition coefficient (Wildman–Crippen LogP) is 0.974. The molecule has 5 heavy (non-hydrogen) atoms. The van der Waals surface area contributed by atoms with E-state index in [1.807, 2.05) is 0 Å². The molecule has 0 saturated heterocycles. The maximum Gasteiger partial charge on any atom is 0 e. The molecule has 0 amide bonds. The number of ether oxygens (including phenoxy) is 1. The van der Waals surface area contributed by atoms with E-state index >= 15 is 0 Å². The maximum absolute atomic E-state index is 4.17. The van der Waals surface area contributed by atoms with Crippen LogP contribution in [-0.2, 0) is 37.4 Å². The van der Waals surface area contributed by atoms with Crippen LogP contribution in [0.25, 0.3) is 0 Å². The Morgan fingerprint density at radius 3 is 2.00 bits per heavy atom. The summed E-state index contributed by atoms with van der Waals surface area (Å²) in [6, 6.07) is 0. The zero-order valence-electron chi connectivity index (χ0n) is 3.27. The summed E-state index contributed by atoms with van der Waals surface area (Å²) < 4.78 is 4.17. The fraction of sp³-hybridized carbons (Fsp3) is 0.333. The molecule has 0 aliphatic carbocycles. The largest absolute Gasteiger partial charge is 0.717 e. The molecule has 0 heterocycles. The molecule has 0 saturated carbocycles. The number of rotatable bonds is 1. The molecule has 0 aliphatic heterocycles. The summed E-state index contributed by atoms with van der Waals surface area (Å²) in [5.74, 6) is 0. The van der Waals surface area contributed by atoms with Crippen molar-refractivity contribution in [2.45, 2.75) is 6.92 Å². The van der Waals surface area contributed by atoms with Crippen LogP contribution in [-0.4, -0.2) is 0 Å². The fourth-order valence-corrected chi connectivity index (χ4v) is 0. The first-order valence-corrected chi connectivity index (χ1v) is 1.10. The molecule has 0 fully saturated rings. The maximum atomic E-state index is 4.17. The van der Waals surface area contributed by atoms with Crippen molar-refractivity contribution in [3.63, 3.8) is 0 Å². The van der Waals surface area contributed by atoms with Crippen molar-refractivity contribution < 1.29 is 37.4 Å². The standard InChI is InChI=1S/C3H6O.Y/c1-3-4-2;/h3H,2H2,1H3;/q-2;. The van der Waals surface area contributed by atoms with Crippen molar-refractivity contribution in [1.29, 1.82) is 0 Å². The Kier molecular flexibility index (Phi) is 16.8. The molecule has 2 heteroatoms. The van der Waals surface area contributed by atoms with Gasteiger partial charge in [-0.3, -0.25) is 13.7 Å². The summed E-state index contributed by atoms with van der Waals surface area (Å²) in [5.41, 5.74) is 0. The molecule has 1 nitrogen and oxygen atoms in total. The Morgan fingerprint density at radius 1 is 1.80 bits per heavy atom. The topological polar surface area (TPSA) is 9.23 Å². The Morgan fingerprint density at radius 2 is 2.00 bits per heavy atom. The molecule has 0 N–H and O–H groups in total. The van der Waals surface area contributed by atoms with Crippen molar-refractivity contribution in [3.05, 3.63) is 13.7 Å². The minimum Gasteiger partial charge on any atom is -0.717 e. The molecule has 0 atom stereocenters. The Hall–Kier alpha value is 1.06. The van der Waals surface area contributed by atoms with Crippen LogP contribution in [0.4, 0.5) is 0 Å². The molecule has 0 bridgehead atoms. The molecular weight excluding hydrogens is 141 g/mol. The van der Waals surface area contributed by atoms with Gasteiger partial charge in [0.05, 0.1) is 0 Å². The van der Waals surface area contributed by atoms with Gasteiger partial charge in [-0.2, -0.15) is 6.92 Å². The van der Waals surface area contributed by atoms with Crippen molar-refractivity contribution >= 4 is 0 Å². The second-order valence-corrected chi connectivity index (χ2v) is 0.402. The van der Waals surface area contributed by atoms with Gasteiger partial charge in [0.25, 0.3) is 0 Å². The van der Waals surface area contributed by atoms with Gasteiger partial charge in [0.2, 0.25) is 0 Å². The first-order valence-electron chi connectivity index (χ1n) is 1.10. The van der Waals surface area contributed by atoms with E-state index in [4.69, 9.17) is 0 Å². The van der Waals surface area contributed by atoms with Crippen LogP contribution in [0.1, 0.15) is 6.92 Å². The summed E-state index contributed by atoms with van der Waals surface area (Å²) in [7, 11) is 3.05. The van der Waals surface area contributed by atoms with Crippen molar-refractivity contribution in [2.75, 3.05) is 0 Å². The van der Waals surface area contributed by atoms with Gasteiger partial charge in [-0.25, -0.2) is 0 Å². The molecule has 0 aromatic heterocycles. The summed E-state index contributed by atoms with van der Waals surface area (Å²) in [4.78, 5) is 0. The zero-order chi connectivity index (χ0) is 3.41. The van der Waals surface area contributed by atoms with Crippen LogP contribution in [0.2, 0.25) is 0 Å². The summed E-state index contributed by atoms with van der Waals surface area (Å²) in [6.45, 7) is 3.28. The second kappa shape index (κ2) is 8.91. The predicted molar refractivity (Wildman–Crippen MR) is 16.4 cm³/mol. The van der Waals surface area contributed by atoms with Gasteiger partial charge in [0.15, 0.2) is 0 Å². The first kappa shape index (κ1) is 9.42. The number of hydrogen-bond acceptors (Lipinski definition) is 1. The van der Waals surface area contributed by atoms with Crippen LogP contribution >= 0.6 is 0 Å². The van der Waals surface area contributed by atoms with Gasteiger partial charge in [-0.05, 0) is 0 Å². The fourth-order valence-electron chi connectivity index (χ4n) is 0. The van der Waals surface area contributed by atoms with Crippen molar-refractivity contribution in [2.24, 2.45) is 0 Å². The first-order chi connectivity index (χ1) is 1.91. The molecule has 0 aromatic rings. The Bertz CT molecular complexity index is 8.85. The van der Waals surface area contributed by atoms with Gasteiger partial charge in [-0.1, -0.05) is 0 Å². The summed E-state index contributed by atoms with van der Waals surface area (Å²) >= 11 is 0. The van der Waals surface area contributed by atoms with Crippen LogP contribution in [0.3, 0.4) is 0 Å². The van der Waals surface area contributed by atoms with Crippen LogP contribution in [0.15, 0.2) is 0 Å². The normalized spacial score (nSPS) is 6.00. The summed E-state index contributed by atoms with van der Waals surface area (Å²) in [5, 5.41) is 0. The Balaban J connectivity index is 0. The van der Waals surface area contributed by atoms with Gasteiger partial charge >= 0.3 is 0 Å². The second-order valence-electron chi connectivity index (χ2n) is 0.402. The third-order valence-electron chi connectivity index (χ3n) is 0.167. The van der Waals surface area contributed by atoms with Gasteiger partial charge in [-0.15, -0.1) is 0 Å². The van der Waals surface area contributed by atoms with Crippen LogP contribution < -0.4 is 0 Å². The monoisotopic (exact) mass is 147 g/mol. The van der Waals surface area contributed by atoms with E-state index in [9.17, 15) is 0 Å². The molecule has 0 aromatic carbocycles. The molecule has 0 unspecified atom stereocenters. The van der Waals surface area contributed by atoms with Gasteiger partial charge in [0, 0.05) is 32.7 Å².